The first kappa shape index (κ1) is 13.0. The number of carbonyl (C=O) groups is 2. The summed E-state index contributed by atoms with van der Waals surface area (Å²) in [6, 6.07) is 0. The first-order chi connectivity index (χ1) is 8.10. The highest BCUT2D eigenvalue weighted by Crippen LogP contribution is 2.11. The molecule has 0 atom stereocenters. The van der Waals surface area contributed by atoms with Gasteiger partial charge >= 0.3 is 11.9 Å². The van der Waals surface area contributed by atoms with Crippen molar-refractivity contribution in [3.63, 3.8) is 0 Å². The molecule has 0 spiro atoms. The van der Waals surface area contributed by atoms with Crippen LogP contribution in [-0.4, -0.2) is 34.7 Å². The molecule has 7 nitrogen and oxygen atoms in total. The Bertz CT molecular complexity index is 414. The van der Waals surface area contributed by atoms with E-state index < -0.39 is 11.9 Å². The molecule has 94 valence electrons. The lowest BCUT2D eigenvalue weighted by molar-refractivity contribution is -0.143. The van der Waals surface area contributed by atoms with Gasteiger partial charge in [0.05, 0.1) is 19.5 Å². The number of hydrogen-bond acceptors (Lipinski definition) is 6. The Morgan fingerprint density at radius 1 is 1.35 bits per heavy atom. The van der Waals surface area contributed by atoms with Crippen LogP contribution in [0.3, 0.4) is 0 Å². The van der Waals surface area contributed by atoms with E-state index >= 15 is 0 Å². The fourth-order valence-corrected chi connectivity index (χ4v) is 1.22. The number of nitrogen functional groups attached to an aromatic ring is 1. The van der Waals surface area contributed by atoms with Crippen LogP contribution < -0.4 is 5.73 Å². The van der Waals surface area contributed by atoms with Crippen molar-refractivity contribution in [1.29, 1.82) is 0 Å². The van der Waals surface area contributed by atoms with E-state index in [0.29, 0.717) is 0 Å². The van der Waals surface area contributed by atoms with Gasteiger partial charge in [0, 0.05) is 0 Å². The van der Waals surface area contributed by atoms with E-state index in [2.05, 4.69) is 4.98 Å². The van der Waals surface area contributed by atoms with Crippen molar-refractivity contribution in [1.82, 2.24) is 9.55 Å². The van der Waals surface area contributed by atoms with Crippen molar-refractivity contribution >= 4 is 17.8 Å². The standard InChI is InChI=1S/C10H15N3O4/c1-3-16-7(14)5-13-6-12-8(9(13)11)10(15)17-4-2/h6H,3-5,11H2,1-2H3. The summed E-state index contributed by atoms with van der Waals surface area (Å²) in [5, 5.41) is 0. The second-order valence-corrected chi connectivity index (χ2v) is 3.13. The molecule has 0 unspecified atom stereocenters. The van der Waals surface area contributed by atoms with Gasteiger partial charge in [-0.1, -0.05) is 0 Å². The second kappa shape index (κ2) is 5.88. The maximum Gasteiger partial charge on any atom is 0.360 e. The van der Waals surface area contributed by atoms with Gasteiger partial charge in [-0.3, -0.25) is 4.79 Å². The molecule has 7 heteroatoms. The number of carbonyl (C=O) groups excluding carboxylic acids is 2. The highest BCUT2D eigenvalue weighted by atomic mass is 16.5. The highest BCUT2D eigenvalue weighted by molar-refractivity contribution is 5.92. The summed E-state index contributed by atoms with van der Waals surface area (Å²) < 4.78 is 10.9. The van der Waals surface area contributed by atoms with Crippen LogP contribution in [0.15, 0.2) is 6.33 Å². The largest absolute Gasteiger partial charge is 0.465 e. The van der Waals surface area contributed by atoms with Gasteiger partial charge < -0.3 is 19.8 Å². The van der Waals surface area contributed by atoms with Crippen LogP contribution in [0.4, 0.5) is 5.82 Å². The fraction of sp³-hybridized carbons (Fsp3) is 0.500. The Balaban J connectivity index is 2.77. The van der Waals surface area contributed by atoms with E-state index in [1.54, 1.807) is 13.8 Å². The van der Waals surface area contributed by atoms with Gasteiger partial charge in [0.15, 0.2) is 5.69 Å². The molecule has 0 aliphatic rings. The molecule has 0 saturated heterocycles. The summed E-state index contributed by atoms with van der Waals surface area (Å²) in [6.07, 6.45) is 1.30. The number of imidazole rings is 1. The summed E-state index contributed by atoms with van der Waals surface area (Å²) in [4.78, 5) is 26.4. The highest BCUT2D eigenvalue weighted by Gasteiger charge is 2.18. The van der Waals surface area contributed by atoms with Gasteiger partial charge in [0.2, 0.25) is 0 Å². The van der Waals surface area contributed by atoms with Crippen LogP contribution in [0.1, 0.15) is 24.3 Å². The van der Waals surface area contributed by atoms with Crippen molar-refractivity contribution in [3.8, 4) is 0 Å². The lowest BCUT2D eigenvalue weighted by atomic mass is 10.4. The number of ether oxygens (including phenoxy) is 2. The number of rotatable bonds is 5. The SMILES string of the molecule is CCOC(=O)Cn1cnc(C(=O)OCC)c1N. The summed E-state index contributed by atoms with van der Waals surface area (Å²) >= 11 is 0. The third-order valence-electron chi connectivity index (χ3n) is 1.95. The van der Waals surface area contributed by atoms with E-state index in [1.165, 1.54) is 10.9 Å². The van der Waals surface area contributed by atoms with Crippen molar-refractivity contribution < 1.29 is 19.1 Å². The first-order valence-electron chi connectivity index (χ1n) is 5.23. The number of nitrogens with zero attached hydrogens (tertiary/aromatic N) is 2. The van der Waals surface area contributed by atoms with Crippen LogP contribution in [0, 0.1) is 0 Å². The topological polar surface area (TPSA) is 96.4 Å². The third-order valence-corrected chi connectivity index (χ3v) is 1.95. The maximum absolute atomic E-state index is 11.4. The minimum Gasteiger partial charge on any atom is -0.465 e. The Morgan fingerprint density at radius 2 is 2.00 bits per heavy atom. The zero-order chi connectivity index (χ0) is 12.8. The minimum atomic E-state index is -0.604. The predicted molar refractivity (Wildman–Crippen MR) is 59.2 cm³/mol. The van der Waals surface area contributed by atoms with E-state index in [9.17, 15) is 9.59 Å². The molecule has 0 amide bonds. The molecule has 0 fully saturated rings. The average Bonchev–Trinajstić information content (AvgIpc) is 2.61. The number of hydrogen-bond donors (Lipinski definition) is 1. The molecule has 0 aliphatic heterocycles. The van der Waals surface area contributed by atoms with E-state index in [0.717, 1.165) is 0 Å². The molecule has 0 bridgehead atoms. The molecule has 0 radical (unpaired) electrons. The monoisotopic (exact) mass is 241 g/mol. The molecule has 1 rings (SSSR count). The van der Waals surface area contributed by atoms with Gasteiger partial charge in [-0.15, -0.1) is 0 Å². The average molecular weight is 241 g/mol. The van der Waals surface area contributed by atoms with Gasteiger partial charge in [-0.05, 0) is 13.8 Å². The molecule has 0 aliphatic carbocycles. The van der Waals surface area contributed by atoms with Gasteiger partial charge in [-0.2, -0.15) is 0 Å². The van der Waals surface area contributed by atoms with E-state index in [1.807, 2.05) is 0 Å². The number of esters is 2. The van der Waals surface area contributed by atoms with Crippen molar-refractivity contribution in [2.45, 2.75) is 20.4 Å². The van der Waals surface area contributed by atoms with Crippen LogP contribution in [0.25, 0.3) is 0 Å². The summed E-state index contributed by atoms with van der Waals surface area (Å²) in [5.41, 5.74) is 5.68. The predicted octanol–water partition coefficient (Wildman–Crippen LogP) is 0.205. The number of anilines is 1. The first-order valence-corrected chi connectivity index (χ1v) is 5.23. The molecule has 1 aromatic rings. The van der Waals surface area contributed by atoms with Crippen LogP contribution >= 0.6 is 0 Å². The molecular weight excluding hydrogens is 226 g/mol. The number of aromatic nitrogens is 2. The molecular formula is C10H15N3O4. The molecule has 1 aromatic heterocycles. The Labute approximate surface area is 98.5 Å². The van der Waals surface area contributed by atoms with Crippen molar-refractivity contribution in [2.75, 3.05) is 18.9 Å². The summed E-state index contributed by atoms with van der Waals surface area (Å²) in [6.45, 7) is 3.84. The Morgan fingerprint density at radius 3 is 2.59 bits per heavy atom. The lowest BCUT2D eigenvalue weighted by Crippen LogP contribution is -2.15. The number of nitrogens with two attached hydrogens (primary N) is 1. The summed E-state index contributed by atoms with van der Waals surface area (Å²) in [7, 11) is 0. The molecule has 0 aromatic carbocycles. The Hall–Kier alpha value is -2.05. The van der Waals surface area contributed by atoms with Gasteiger partial charge in [-0.25, -0.2) is 9.78 Å². The van der Waals surface area contributed by atoms with Gasteiger partial charge in [0.1, 0.15) is 12.4 Å². The van der Waals surface area contributed by atoms with E-state index in [4.69, 9.17) is 15.2 Å². The molecule has 1 heterocycles. The zero-order valence-corrected chi connectivity index (χ0v) is 9.80. The third kappa shape index (κ3) is 3.20. The van der Waals surface area contributed by atoms with Crippen LogP contribution in [0.2, 0.25) is 0 Å². The van der Waals surface area contributed by atoms with Crippen molar-refractivity contribution in [2.24, 2.45) is 0 Å². The molecule has 17 heavy (non-hydrogen) atoms. The summed E-state index contributed by atoms with van der Waals surface area (Å²) in [5.74, 6) is -0.948. The molecule has 0 saturated carbocycles. The van der Waals surface area contributed by atoms with Crippen LogP contribution in [0.5, 0.6) is 0 Å². The maximum atomic E-state index is 11.4. The normalized spacial score (nSPS) is 10.0. The second-order valence-electron chi connectivity index (χ2n) is 3.13. The van der Waals surface area contributed by atoms with Crippen LogP contribution in [-0.2, 0) is 20.8 Å². The quantitative estimate of drug-likeness (QED) is 0.740. The van der Waals surface area contributed by atoms with Crippen molar-refractivity contribution in [3.05, 3.63) is 12.0 Å². The van der Waals surface area contributed by atoms with E-state index in [-0.39, 0.29) is 31.3 Å². The smallest absolute Gasteiger partial charge is 0.360 e. The molecule has 2 N–H and O–H groups in total. The zero-order valence-electron chi connectivity index (χ0n) is 9.80. The minimum absolute atomic E-state index is 0.0103. The van der Waals surface area contributed by atoms with Gasteiger partial charge in [0.25, 0.3) is 0 Å². The Kier molecular flexibility index (Phi) is 4.50. The lowest BCUT2D eigenvalue weighted by Gasteiger charge is -2.05. The fourth-order valence-electron chi connectivity index (χ4n) is 1.22.